The molecule has 1 aromatic carbocycles. The van der Waals surface area contributed by atoms with Gasteiger partial charge in [0, 0.05) is 19.0 Å². The first-order chi connectivity index (χ1) is 9.43. The summed E-state index contributed by atoms with van der Waals surface area (Å²) < 4.78 is 13.1. The van der Waals surface area contributed by atoms with Gasteiger partial charge in [-0.25, -0.2) is 4.39 Å². The number of carboxylic acids is 1. The first-order valence-corrected chi connectivity index (χ1v) is 6.69. The van der Waals surface area contributed by atoms with Gasteiger partial charge in [0.15, 0.2) is 0 Å². The van der Waals surface area contributed by atoms with Crippen molar-refractivity contribution in [2.24, 2.45) is 5.92 Å². The van der Waals surface area contributed by atoms with Crippen molar-refractivity contribution in [1.29, 1.82) is 0 Å². The van der Waals surface area contributed by atoms with E-state index in [2.05, 4.69) is 0 Å². The normalized spacial score (nSPS) is 11.9. The number of carboxylic acid groups (broad SMARTS) is 1. The van der Waals surface area contributed by atoms with Crippen LogP contribution in [0.1, 0.15) is 25.8 Å². The van der Waals surface area contributed by atoms with Crippen molar-refractivity contribution in [3.63, 3.8) is 0 Å². The Bertz CT molecular complexity index is 476. The van der Waals surface area contributed by atoms with Crippen molar-refractivity contribution in [3.8, 4) is 0 Å². The minimum absolute atomic E-state index is 0.0632. The molecule has 20 heavy (non-hydrogen) atoms. The van der Waals surface area contributed by atoms with Gasteiger partial charge >= 0.3 is 5.97 Å². The van der Waals surface area contributed by atoms with Crippen molar-refractivity contribution in [1.82, 2.24) is 4.90 Å². The fourth-order valence-electron chi connectivity index (χ4n) is 2.07. The number of amides is 1. The van der Waals surface area contributed by atoms with Crippen LogP contribution in [0.15, 0.2) is 24.3 Å². The Kier molecular flexibility index (Phi) is 6.15. The lowest BCUT2D eigenvalue weighted by atomic mass is 9.99. The topological polar surface area (TPSA) is 57.6 Å². The van der Waals surface area contributed by atoms with E-state index in [1.807, 2.05) is 6.92 Å². The lowest BCUT2D eigenvalue weighted by Gasteiger charge is -2.24. The van der Waals surface area contributed by atoms with Crippen LogP contribution in [0.25, 0.3) is 0 Å². The van der Waals surface area contributed by atoms with Crippen molar-refractivity contribution in [3.05, 3.63) is 35.6 Å². The van der Waals surface area contributed by atoms with Gasteiger partial charge in [-0.1, -0.05) is 19.1 Å². The average molecular weight is 281 g/mol. The summed E-state index contributed by atoms with van der Waals surface area (Å²) in [7, 11) is 0. The van der Waals surface area contributed by atoms with Crippen LogP contribution in [0, 0.1) is 11.7 Å². The van der Waals surface area contributed by atoms with Crippen LogP contribution in [0.5, 0.6) is 0 Å². The van der Waals surface area contributed by atoms with Crippen LogP contribution in [-0.4, -0.2) is 35.0 Å². The Morgan fingerprint density at radius 2 is 2.10 bits per heavy atom. The summed E-state index contributed by atoms with van der Waals surface area (Å²) in [6, 6.07) is 6.17. The Hall–Kier alpha value is -1.91. The van der Waals surface area contributed by atoms with Crippen molar-refractivity contribution in [2.75, 3.05) is 13.1 Å². The maximum absolute atomic E-state index is 13.1. The summed E-state index contributed by atoms with van der Waals surface area (Å²) in [5.41, 5.74) is 0.764. The average Bonchev–Trinajstić information content (AvgIpc) is 2.38. The molecular weight excluding hydrogens is 261 g/mol. The van der Waals surface area contributed by atoms with E-state index in [-0.39, 0.29) is 30.6 Å². The SMILES string of the molecule is CCN(CCC(=O)O)C(=O)C(C)Cc1cccc(F)c1. The second-order valence-corrected chi connectivity index (χ2v) is 4.80. The molecule has 0 saturated carbocycles. The highest BCUT2D eigenvalue weighted by Crippen LogP contribution is 2.13. The molecule has 110 valence electrons. The number of rotatable bonds is 7. The molecule has 4 nitrogen and oxygen atoms in total. The van der Waals surface area contributed by atoms with E-state index in [9.17, 15) is 14.0 Å². The molecule has 0 spiro atoms. The first-order valence-electron chi connectivity index (χ1n) is 6.69. The zero-order valence-electron chi connectivity index (χ0n) is 11.8. The summed E-state index contributed by atoms with van der Waals surface area (Å²) in [5, 5.41) is 8.66. The summed E-state index contributed by atoms with van der Waals surface area (Å²) in [4.78, 5) is 24.3. The lowest BCUT2D eigenvalue weighted by Crippen LogP contribution is -2.37. The molecule has 0 aliphatic rings. The van der Waals surface area contributed by atoms with Gasteiger partial charge < -0.3 is 10.0 Å². The fourth-order valence-corrected chi connectivity index (χ4v) is 2.07. The van der Waals surface area contributed by atoms with Crippen LogP contribution in [0.4, 0.5) is 4.39 Å². The number of hydrogen-bond acceptors (Lipinski definition) is 2. The summed E-state index contributed by atoms with van der Waals surface area (Å²) in [6.45, 7) is 4.27. The smallest absolute Gasteiger partial charge is 0.305 e. The highest BCUT2D eigenvalue weighted by Gasteiger charge is 2.20. The van der Waals surface area contributed by atoms with Crippen molar-refractivity contribution >= 4 is 11.9 Å². The molecule has 0 saturated heterocycles. The van der Waals surface area contributed by atoms with Crippen LogP contribution < -0.4 is 0 Å². The number of benzene rings is 1. The molecule has 0 heterocycles. The van der Waals surface area contributed by atoms with Gasteiger partial charge in [-0.05, 0) is 31.0 Å². The minimum Gasteiger partial charge on any atom is -0.481 e. The number of carbonyl (C=O) groups excluding carboxylic acids is 1. The number of nitrogens with zero attached hydrogens (tertiary/aromatic N) is 1. The lowest BCUT2D eigenvalue weighted by molar-refractivity contribution is -0.139. The second kappa shape index (κ2) is 7.62. The molecule has 0 radical (unpaired) electrons. The third-order valence-corrected chi connectivity index (χ3v) is 3.14. The molecule has 1 amide bonds. The Balaban J connectivity index is 2.62. The third kappa shape index (κ3) is 4.99. The van der Waals surface area contributed by atoms with Crippen molar-refractivity contribution < 1.29 is 19.1 Å². The van der Waals surface area contributed by atoms with Gasteiger partial charge in [-0.3, -0.25) is 9.59 Å². The molecule has 0 aromatic heterocycles. The quantitative estimate of drug-likeness (QED) is 0.834. The van der Waals surface area contributed by atoms with Gasteiger partial charge in [-0.15, -0.1) is 0 Å². The summed E-state index contributed by atoms with van der Waals surface area (Å²) in [5.74, 6) is -1.64. The number of carbonyl (C=O) groups is 2. The molecule has 0 fully saturated rings. The van der Waals surface area contributed by atoms with E-state index in [0.29, 0.717) is 13.0 Å². The van der Waals surface area contributed by atoms with E-state index in [1.165, 1.54) is 17.0 Å². The predicted octanol–water partition coefficient (Wildman–Crippen LogP) is 2.33. The van der Waals surface area contributed by atoms with E-state index < -0.39 is 5.97 Å². The zero-order valence-corrected chi connectivity index (χ0v) is 11.8. The molecule has 1 rings (SSSR count). The summed E-state index contributed by atoms with van der Waals surface area (Å²) >= 11 is 0. The molecule has 1 N–H and O–H groups in total. The van der Waals surface area contributed by atoms with E-state index in [0.717, 1.165) is 5.56 Å². The predicted molar refractivity (Wildman–Crippen MR) is 73.8 cm³/mol. The highest BCUT2D eigenvalue weighted by molar-refractivity contribution is 5.79. The molecule has 1 aromatic rings. The first kappa shape index (κ1) is 16.1. The number of hydrogen-bond donors (Lipinski definition) is 1. The van der Waals surface area contributed by atoms with Crippen LogP contribution in [-0.2, 0) is 16.0 Å². The van der Waals surface area contributed by atoms with E-state index in [1.54, 1.807) is 19.1 Å². The third-order valence-electron chi connectivity index (χ3n) is 3.14. The monoisotopic (exact) mass is 281 g/mol. The van der Waals surface area contributed by atoms with Crippen molar-refractivity contribution in [2.45, 2.75) is 26.7 Å². The largest absolute Gasteiger partial charge is 0.481 e. The molecule has 5 heteroatoms. The molecule has 0 aliphatic carbocycles. The number of aliphatic carboxylic acids is 1. The Morgan fingerprint density at radius 3 is 2.65 bits per heavy atom. The zero-order chi connectivity index (χ0) is 15.1. The van der Waals surface area contributed by atoms with Crippen LogP contribution in [0.2, 0.25) is 0 Å². The molecule has 1 unspecified atom stereocenters. The maximum Gasteiger partial charge on any atom is 0.305 e. The number of halogens is 1. The van der Waals surface area contributed by atoms with Gasteiger partial charge in [0.25, 0.3) is 0 Å². The van der Waals surface area contributed by atoms with Crippen LogP contribution in [0.3, 0.4) is 0 Å². The maximum atomic E-state index is 13.1. The Labute approximate surface area is 118 Å². The standard InChI is InChI=1S/C15H20FNO3/c1-3-17(8-7-14(18)19)15(20)11(2)9-12-5-4-6-13(16)10-12/h4-6,10-11H,3,7-9H2,1-2H3,(H,18,19). The van der Waals surface area contributed by atoms with Crippen LogP contribution >= 0.6 is 0 Å². The van der Waals surface area contributed by atoms with Gasteiger partial charge in [0.2, 0.25) is 5.91 Å². The van der Waals surface area contributed by atoms with E-state index in [4.69, 9.17) is 5.11 Å². The molecule has 0 bridgehead atoms. The minimum atomic E-state index is -0.922. The fraction of sp³-hybridized carbons (Fsp3) is 0.467. The molecule has 1 atom stereocenters. The Morgan fingerprint density at radius 1 is 1.40 bits per heavy atom. The highest BCUT2D eigenvalue weighted by atomic mass is 19.1. The molecular formula is C15H20FNO3. The second-order valence-electron chi connectivity index (χ2n) is 4.80. The van der Waals surface area contributed by atoms with Gasteiger partial charge in [0.05, 0.1) is 6.42 Å². The summed E-state index contributed by atoms with van der Waals surface area (Å²) in [6.07, 6.45) is 0.381. The molecule has 0 aliphatic heterocycles. The van der Waals surface area contributed by atoms with E-state index >= 15 is 0 Å². The van der Waals surface area contributed by atoms with Gasteiger partial charge in [0.1, 0.15) is 5.82 Å². The van der Waals surface area contributed by atoms with Gasteiger partial charge in [-0.2, -0.15) is 0 Å².